The molecular formula is C26H20N6OS2. The molecule has 0 aliphatic heterocycles. The van der Waals surface area contributed by atoms with Crippen LogP contribution >= 0.6 is 22.7 Å². The first-order chi connectivity index (χ1) is 17.0. The first-order valence-electron chi connectivity index (χ1n) is 11.0. The molecule has 1 N–H and O–H groups in total. The van der Waals surface area contributed by atoms with E-state index in [1.165, 1.54) is 32.8 Å². The first kappa shape index (κ1) is 21.6. The molecule has 0 aliphatic rings. The number of aryl methyl sites for hydroxylation is 3. The van der Waals surface area contributed by atoms with Crippen LogP contribution in [-0.4, -0.2) is 19.6 Å². The number of pyridine rings is 1. The summed E-state index contributed by atoms with van der Waals surface area (Å²) in [5.41, 5.74) is 9.08. The summed E-state index contributed by atoms with van der Waals surface area (Å²) >= 11 is 2.69. The van der Waals surface area contributed by atoms with Crippen molar-refractivity contribution in [3.63, 3.8) is 0 Å². The molecule has 0 atom stereocenters. The zero-order valence-electron chi connectivity index (χ0n) is 19.2. The summed E-state index contributed by atoms with van der Waals surface area (Å²) in [5.74, 6) is 0. The molecule has 9 heteroatoms. The number of benzene rings is 2. The summed E-state index contributed by atoms with van der Waals surface area (Å²) in [6, 6.07) is 19.8. The maximum atomic E-state index is 13.6. The normalized spacial score (nSPS) is 12.1. The van der Waals surface area contributed by atoms with E-state index >= 15 is 0 Å². The van der Waals surface area contributed by atoms with Crippen molar-refractivity contribution in [3.8, 4) is 11.3 Å². The Morgan fingerprint density at radius 3 is 2.49 bits per heavy atom. The second-order valence-corrected chi connectivity index (χ2v) is 10.3. The zero-order valence-corrected chi connectivity index (χ0v) is 20.9. The number of fused-ring (bicyclic) bond motifs is 4. The molecule has 0 aliphatic carbocycles. The fraction of sp³-hybridized carbons (Fsp3) is 0.115. The quantitative estimate of drug-likeness (QED) is 0.330. The molecule has 4 aromatic heterocycles. The molecular weight excluding hydrogens is 476 g/mol. The highest BCUT2D eigenvalue weighted by atomic mass is 32.1. The number of nitrogens with zero attached hydrogens (tertiary/aromatic N) is 5. The molecule has 6 rings (SSSR count). The van der Waals surface area contributed by atoms with E-state index in [0.717, 1.165) is 32.7 Å². The molecule has 7 nitrogen and oxygen atoms in total. The van der Waals surface area contributed by atoms with Crippen LogP contribution in [0.25, 0.3) is 36.7 Å². The van der Waals surface area contributed by atoms with Crippen molar-refractivity contribution in [1.82, 2.24) is 19.6 Å². The van der Waals surface area contributed by atoms with Gasteiger partial charge in [0.05, 0.1) is 11.2 Å². The van der Waals surface area contributed by atoms with Gasteiger partial charge >= 0.3 is 0 Å². The van der Waals surface area contributed by atoms with Gasteiger partial charge in [-0.1, -0.05) is 59.4 Å². The maximum Gasteiger partial charge on any atom is 0.293 e. The van der Waals surface area contributed by atoms with Crippen LogP contribution in [0.2, 0.25) is 0 Å². The molecule has 0 unspecified atom stereocenters. The molecule has 0 amide bonds. The van der Waals surface area contributed by atoms with Crippen molar-refractivity contribution in [3.05, 3.63) is 92.5 Å². The van der Waals surface area contributed by atoms with Gasteiger partial charge < -0.3 is 0 Å². The molecule has 0 fully saturated rings. The third-order valence-corrected chi connectivity index (χ3v) is 7.70. The summed E-state index contributed by atoms with van der Waals surface area (Å²) in [6.07, 6.45) is 0. The van der Waals surface area contributed by atoms with Gasteiger partial charge in [-0.15, -0.1) is 11.3 Å². The van der Waals surface area contributed by atoms with Crippen molar-refractivity contribution in [2.75, 3.05) is 5.43 Å². The minimum atomic E-state index is -0.198. The number of nitrogens with one attached hydrogen (secondary N) is 1. The van der Waals surface area contributed by atoms with Gasteiger partial charge in [0, 0.05) is 16.6 Å². The van der Waals surface area contributed by atoms with Gasteiger partial charge in [-0.05, 0) is 44.5 Å². The fourth-order valence-corrected chi connectivity index (χ4v) is 6.06. The minimum absolute atomic E-state index is 0.198. The molecule has 6 aromatic rings. The van der Waals surface area contributed by atoms with E-state index in [4.69, 9.17) is 10.1 Å². The second-order valence-electron chi connectivity index (χ2n) is 8.36. The smallest absolute Gasteiger partial charge is 0.277 e. The van der Waals surface area contributed by atoms with Crippen LogP contribution in [0.5, 0.6) is 0 Å². The second kappa shape index (κ2) is 8.37. The monoisotopic (exact) mass is 496 g/mol. The van der Waals surface area contributed by atoms with Crippen LogP contribution in [0.3, 0.4) is 0 Å². The van der Waals surface area contributed by atoms with Crippen molar-refractivity contribution in [1.29, 1.82) is 0 Å². The molecule has 0 saturated carbocycles. The molecule has 2 aromatic carbocycles. The predicted molar refractivity (Wildman–Crippen MR) is 143 cm³/mol. The van der Waals surface area contributed by atoms with Gasteiger partial charge in [0.1, 0.15) is 15.2 Å². The first-order valence-corrected chi connectivity index (χ1v) is 12.7. The highest BCUT2D eigenvalue weighted by Gasteiger charge is 2.18. The standard InChI is InChI=1S/C26H20N6OS2/c1-14-9-11-18(12-10-14)29-30-24-20(17-7-5-4-6-8-17)31-32-25(33)22-21(28-26(32)35-24)19-15(2)13-16(3)27-23(19)34-22/h4-13,29H,1-3H3/b30-24+. The third-order valence-electron chi connectivity index (χ3n) is 5.71. The summed E-state index contributed by atoms with van der Waals surface area (Å²) in [5, 5.41) is 10.3. The van der Waals surface area contributed by atoms with E-state index in [1.54, 1.807) is 0 Å². The summed E-state index contributed by atoms with van der Waals surface area (Å²) in [4.78, 5) is 24.4. The Bertz CT molecular complexity index is 1870. The number of thiophene rings is 1. The molecule has 0 bridgehead atoms. The van der Waals surface area contributed by atoms with Gasteiger partial charge in [-0.25, -0.2) is 9.97 Å². The van der Waals surface area contributed by atoms with Crippen molar-refractivity contribution in [2.45, 2.75) is 20.8 Å². The van der Waals surface area contributed by atoms with E-state index in [2.05, 4.69) is 15.5 Å². The molecule has 0 saturated heterocycles. The lowest BCUT2D eigenvalue weighted by atomic mass is 10.1. The van der Waals surface area contributed by atoms with Gasteiger partial charge in [-0.2, -0.15) is 14.7 Å². The van der Waals surface area contributed by atoms with Crippen LogP contribution in [0.1, 0.15) is 16.8 Å². The molecule has 35 heavy (non-hydrogen) atoms. The van der Waals surface area contributed by atoms with Gasteiger partial charge in [-0.3, -0.25) is 10.2 Å². The van der Waals surface area contributed by atoms with Crippen LogP contribution < -0.4 is 15.7 Å². The van der Waals surface area contributed by atoms with Crippen LogP contribution in [0.4, 0.5) is 5.69 Å². The van der Waals surface area contributed by atoms with E-state index in [-0.39, 0.29) is 5.56 Å². The molecule has 0 spiro atoms. The average molecular weight is 497 g/mol. The Labute approximate surface area is 208 Å². The highest BCUT2D eigenvalue weighted by Crippen LogP contribution is 2.32. The van der Waals surface area contributed by atoms with E-state index in [9.17, 15) is 4.79 Å². The van der Waals surface area contributed by atoms with Crippen LogP contribution in [0, 0.1) is 20.8 Å². The Kier molecular flexibility index (Phi) is 5.16. The predicted octanol–water partition coefficient (Wildman–Crippen LogP) is 5.43. The van der Waals surface area contributed by atoms with Gasteiger partial charge in [0.2, 0.25) is 4.96 Å². The van der Waals surface area contributed by atoms with Crippen LogP contribution in [-0.2, 0) is 0 Å². The van der Waals surface area contributed by atoms with E-state index < -0.39 is 0 Å². The number of aromatic nitrogens is 4. The summed E-state index contributed by atoms with van der Waals surface area (Å²) in [7, 11) is 0. The summed E-state index contributed by atoms with van der Waals surface area (Å²) < 4.78 is 2.57. The fourth-order valence-electron chi connectivity index (χ4n) is 4.03. The SMILES string of the molecule is Cc1ccc(N/N=c2/sc3nc4c(sc5nc(C)cc(C)c54)c(=O)n3nc2-c2ccccc2)cc1. The lowest BCUT2D eigenvalue weighted by molar-refractivity contribution is 0.897. The maximum absolute atomic E-state index is 13.6. The lowest BCUT2D eigenvalue weighted by Gasteiger charge is -2.06. The van der Waals surface area contributed by atoms with E-state index in [1.807, 2.05) is 81.4 Å². The molecule has 4 heterocycles. The number of hydrogen-bond donors (Lipinski definition) is 1. The molecule has 172 valence electrons. The number of rotatable bonds is 3. The number of anilines is 1. The zero-order chi connectivity index (χ0) is 24.1. The van der Waals surface area contributed by atoms with Crippen molar-refractivity contribution in [2.24, 2.45) is 5.10 Å². The van der Waals surface area contributed by atoms with Crippen molar-refractivity contribution < 1.29 is 0 Å². The number of hydrogen-bond acceptors (Lipinski definition) is 8. The molecule has 0 radical (unpaired) electrons. The van der Waals surface area contributed by atoms with Crippen LogP contribution in [0.15, 0.2) is 70.6 Å². The average Bonchev–Trinajstić information content (AvgIpc) is 3.22. The Balaban J connectivity index is 1.65. The Hall–Kier alpha value is -3.95. The van der Waals surface area contributed by atoms with E-state index in [0.29, 0.717) is 25.5 Å². The van der Waals surface area contributed by atoms with Crippen molar-refractivity contribution >= 4 is 53.8 Å². The topological polar surface area (TPSA) is 84.5 Å². The van der Waals surface area contributed by atoms with Gasteiger partial charge in [0.15, 0.2) is 4.67 Å². The van der Waals surface area contributed by atoms with Gasteiger partial charge in [0.25, 0.3) is 5.56 Å². The minimum Gasteiger partial charge on any atom is -0.277 e. The Morgan fingerprint density at radius 2 is 1.71 bits per heavy atom. The summed E-state index contributed by atoms with van der Waals surface area (Å²) in [6.45, 7) is 6.03. The lowest BCUT2D eigenvalue weighted by Crippen LogP contribution is -2.21. The Morgan fingerprint density at radius 1 is 0.943 bits per heavy atom. The largest absolute Gasteiger partial charge is 0.293 e. The highest BCUT2D eigenvalue weighted by molar-refractivity contribution is 7.25. The third kappa shape index (κ3) is 3.78.